The van der Waals surface area contributed by atoms with Gasteiger partial charge in [0.2, 0.25) is 0 Å². The zero-order valence-corrected chi connectivity index (χ0v) is 24.7. The third-order valence-electron chi connectivity index (χ3n) is 7.38. The first-order valence-electron chi connectivity index (χ1n) is 14.4. The minimum Gasteiger partial charge on any atom is -0.445 e. The Bertz CT molecular complexity index is 1170. The summed E-state index contributed by atoms with van der Waals surface area (Å²) in [5, 5.41) is -0.374. The van der Waals surface area contributed by atoms with Crippen molar-refractivity contribution in [3.05, 3.63) is 103 Å². The number of benzene rings is 3. The van der Waals surface area contributed by atoms with Gasteiger partial charge in [-0.05, 0) is 63.8 Å². The van der Waals surface area contributed by atoms with Crippen LogP contribution < -0.4 is 0 Å². The van der Waals surface area contributed by atoms with Crippen LogP contribution in [0.3, 0.4) is 0 Å². The van der Waals surface area contributed by atoms with Crippen molar-refractivity contribution in [3.8, 4) is 0 Å². The molecule has 4 rings (SSSR count). The van der Waals surface area contributed by atoms with E-state index in [0.29, 0.717) is 24.5 Å². The number of carbonyl (C=O) groups excluding carboxylic acids is 1. The first kappa shape index (κ1) is 31.4. The Kier molecular flexibility index (Phi) is 13.2. The largest absolute Gasteiger partial charge is 0.445 e. The van der Waals surface area contributed by atoms with Crippen LogP contribution in [0.5, 0.6) is 0 Å². The second-order valence-corrected chi connectivity index (χ2v) is 12.6. The van der Waals surface area contributed by atoms with Gasteiger partial charge in [0.05, 0.1) is 10.1 Å². The Morgan fingerprint density at radius 1 is 0.875 bits per heavy atom. The SMILES string of the molecule is CCN(C(=O)OCc1ccccc1)C1CCN(CCCC[C@@H](C)S(=O)(=O)c2ccccc2)CC1.c1ccccc1. The molecule has 7 heteroatoms. The molecular weight excluding hydrogens is 520 g/mol. The number of ether oxygens (including phenoxy) is 1. The average molecular weight is 565 g/mol. The fraction of sp³-hybridized carbons (Fsp3) is 0.424. The molecule has 1 atom stereocenters. The molecule has 0 unspecified atom stereocenters. The Morgan fingerprint density at radius 3 is 1.95 bits per heavy atom. The van der Waals surface area contributed by atoms with E-state index in [0.717, 1.165) is 50.9 Å². The van der Waals surface area contributed by atoms with Crippen molar-refractivity contribution in [1.29, 1.82) is 0 Å². The Balaban J connectivity index is 0.000000649. The van der Waals surface area contributed by atoms with Crippen molar-refractivity contribution < 1.29 is 17.9 Å². The number of likely N-dealkylation sites (tertiary alicyclic amines) is 1. The monoisotopic (exact) mass is 564 g/mol. The Labute approximate surface area is 240 Å². The molecule has 1 heterocycles. The van der Waals surface area contributed by atoms with Gasteiger partial charge in [0.1, 0.15) is 6.61 Å². The second kappa shape index (κ2) is 16.8. The molecule has 0 spiro atoms. The number of unbranched alkanes of at least 4 members (excludes halogenated alkanes) is 1. The topological polar surface area (TPSA) is 66.9 Å². The number of hydrogen-bond donors (Lipinski definition) is 0. The second-order valence-electron chi connectivity index (χ2n) is 10.2. The van der Waals surface area contributed by atoms with Crippen molar-refractivity contribution >= 4 is 15.9 Å². The molecule has 1 amide bonds. The van der Waals surface area contributed by atoms with E-state index < -0.39 is 9.84 Å². The number of nitrogens with zero attached hydrogens (tertiary/aromatic N) is 2. The molecule has 1 saturated heterocycles. The van der Waals surface area contributed by atoms with Crippen LogP contribution in [-0.4, -0.2) is 61.8 Å². The van der Waals surface area contributed by atoms with Crippen LogP contribution >= 0.6 is 0 Å². The zero-order valence-electron chi connectivity index (χ0n) is 23.9. The van der Waals surface area contributed by atoms with Gasteiger partial charge in [-0.2, -0.15) is 0 Å². The lowest BCUT2D eigenvalue weighted by Gasteiger charge is -2.37. The summed E-state index contributed by atoms with van der Waals surface area (Å²) in [6, 6.07) is 30.7. The van der Waals surface area contributed by atoms with Gasteiger partial charge in [-0.15, -0.1) is 0 Å². The highest BCUT2D eigenvalue weighted by molar-refractivity contribution is 7.92. The molecule has 0 bridgehead atoms. The van der Waals surface area contributed by atoms with E-state index in [4.69, 9.17) is 4.74 Å². The Morgan fingerprint density at radius 2 is 1.40 bits per heavy atom. The van der Waals surface area contributed by atoms with Gasteiger partial charge < -0.3 is 14.5 Å². The van der Waals surface area contributed by atoms with E-state index in [-0.39, 0.29) is 17.4 Å². The van der Waals surface area contributed by atoms with E-state index in [1.807, 2.05) is 91.5 Å². The summed E-state index contributed by atoms with van der Waals surface area (Å²) in [6.45, 7) is 7.62. The van der Waals surface area contributed by atoms with E-state index in [9.17, 15) is 13.2 Å². The molecule has 1 fully saturated rings. The lowest BCUT2D eigenvalue weighted by atomic mass is 10.0. The van der Waals surface area contributed by atoms with E-state index in [1.165, 1.54) is 0 Å². The first-order chi connectivity index (χ1) is 19.4. The molecule has 0 radical (unpaired) electrons. The molecular formula is C33H44N2O4S. The standard InChI is InChI=1S/C27H38N2O4S.C6H6/c1-3-29(27(30)33-22-24-13-6-4-7-14-24)25-17-20-28(21-18-25)19-11-10-12-23(2)34(31,32)26-15-8-5-9-16-26;1-2-4-6-5-3-1/h4-9,13-16,23,25H,3,10-12,17-22H2,1-2H3;1-6H/t23-;/m1./s1. The molecule has 3 aromatic carbocycles. The summed E-state index contributed by atoms with van der Waals surface area (Å²) >= 11 is 0. The summed E-state index contributed by atoms with van der Waals surface area (Å²) < 4.78 is 30.9. The van der Waals surface area contributed by atoms with Gasteiger partial charge in [-0.25, -0.2) is 13.2 Å². The van der Waals surface area contributed by atoms with Crippen LogP contribution in [0.2, 0.25) is 0 Å². The van der Waals surface area contributed by atoms with Crippen molar-refractivity contribution in [2.24, 2.45) is 0 Å². The summed E-state index contributed by atoms with van der Waals surface area (Å²) in [5.74, 6) is 0. The molecule has 0 N–H and O–H groups in total. The molecule has 216 valence electrons. The molecule has 0 aromatic heterocycles. The maximum absolute atomic E-state index is 12.7. The highest BCUT2D eigenvalue weighted by atomic mass is 32.2. The summed E-state index contributed by atoms with van der Waals surface area (Å²) in [7, 11) is -3.26. The van der Waals surface area contributed by atoms with Crippen LogP contribution in [0.15, 0.2) is 102 Å². The molecule has 0 saturated carbocycles. The van der Waals surface area contributed by atoms with Gasteiger partial charge in [0.15, 0.2) is 9.84 Å². The van der Waals surface area contributed by atoms with Crippen molar-refractivity contribution in [1.82, 2.24) is 9.80 Å². The van der Waals surface area contributed by atoms with Gasteiger partial charge in [0, 0.05) is 25.7 Å². The Hall–Kier alpha value is -3.16. The highest BCUT2D eigenvalue weighted by Gasteiger charge is 2.28. The zero-order chi connectivity index (χ0) is 28.6. The number of rotatable bonds is 11. The minimum atomic E-state index is -3.26. The fourth-order valence-electron chi connectivity index (χ4n) is 4.94. The van der Waals surface area contributed by atoms with Crippen LogP contribution in [-0.2, 0) is 21.2 Å². The molecule has 0 aliphatic carbocycles. The summed E-state index contributed by atoms with van der Waals surface area (Å²) in [6.07, 6.45) is 4.18. The molecule has 1 aliphatic heterocycles. The number of amides is 1. The predicted octanol–water partition coefficient (Wildman–Crippen LogP) is 6.83. The first-order valence-corrected chi connectivity index (χ1v) is 15.9. The summed E-state index contributed by atoms with van der Waals surface area (Å²) in [5.41, 5.74) is 0.993. The van der Waals surface area contributed by atoms with Crippen LogP contribution in [0, 0.1) is 0 Å². The van der Waals surface area contributed by atoms with Gasteiger partial charge in [-0.3, -0.25) is 0 Å². The molecule has 1 aliphatic rings. The van der Waals surface area contributed by atoms with Crippen LogP contribution in [0.1, 0.15) is 51.5 Å². The third kappa shape index (κ3) is 10.1. The number of carbonyl (C=O) groups is 1. The maximum Gasteiger partial charge on any atom is 0.410 e. The lowest BCUT2D eigenvalue weighted by molar-refractivity contribution is 0.0629. The van der Waals surface area contributed by atoms with E-state index in [1.54, 1.807) is 24.3 Å². The van der Waals surface area contributed by atoms with Crippen molar-refractivity contribution in [3.63, 3.8) is 0 Å². The molecule has 6 nitrogen and oxygen atoms in total. The summed E-state index contributed by atoms with van der Waals surface area (Å²) in [4.78, 5) is 17.3. The van der Waals surface area contributed by atoms with E-state index in [2.05, 4.69) is 4.90 Å². The van der Waals surface area contributed by atoms with Gasteiger partial charge in [-0.1, -0.05) is 91.3 Å². The molecule has 3 aromatic rings. The predicted molar refractivity (Wildman–Crippen MR) is 162 cm³/mol. The average Bonchev–Trinajstić information content (AvgIpc) is 3.01. The third-order valence-corrected chi connectivity index (χ3v) is 9.61. The van der Waals surface area contributed by atoms with Crippen molar-refractivity contribution in [2.75, 3.05) is 26.2 Å². The highest BCUT2D eigenvalue weighted by Crippen LogP contribution is 2.21. The van der Waals surface area contributed by atoms with Crippen molar-refractivity contribution in [2.45, 2.75) is 68.7 Å². The number of piperidine rings is 1. The normalized spacial score (nSPS) is 14.9. The lowest BCUT2D eigenvalue weighted by Crippen LogP contribution is -2.47. The van der Waals surface area contributed by atoms with Gasteiger partial charge in [0.25, 0.3) is 0 Å². The van der Waals surface area contributed by atoms with Crippen LogP contribution in [0.25, 0.3) is 0 Å². The minimum absolute atomic E-state index is 0.209. The smallest absolute Gasteiger partial charge is 0.410 e. The van der Waals surface area contributed by atoms with Crippen LogP contribution in [0.4, 0.5) is 4.79 Å². The molecule has 40 heavy (non-hydrogen) atoms. The maximum atomic E-state index is 12.7. The quantitative estimate of drug-likeness (QED) is 0.239. The fourth-order valence-corrected chi connectivity index (χ4v) is 6.42. The van der Waals surface area contributed by atoms with E-state index >= 15 is 0 Å². The van der Waals surface area contributed by atoms with Gasteiger partial charge >= 0.3 is 6.09 Å². The number of hydrogen-bond acceptors (Lipinski definition) is 5. The number of sulfone groups is 1.